The fraction of sp³-hybridized carbons (Fsp3) is 1.00. The van der Waals surface area contributed by atoms with Gasteiger partial charge in [-0.2, -0.15) is 0 Å². The first-order valence-electron chi connectivity index (χ1n) is 6.15. The lowest BCUT2D eigenvalue weighted by molar-refractivity contribution is 0.0708. The van der Waals surface area contributed by atoms with E-state index in [1.165, 1.54) is 25.7 Å². The van der Waals surface area contributed by atoms with Crippen molar-refractivity contribution in [3.8, 4) is 0 Å². The van der Waals surface area contributed by atoms with Gasteiger partial charge in [-0.05, 0) is 12.8 Å². The third-order valence-electron chi connectivity index (χ3n) is 2.51. The highest BCUT2D eigenvalue weighted by atomic mass is 16.5. The molecule has 0 aliphatic carbocycles. The molecule has 1 atom stereocenters. The van der Waals surface area contributed by atoms with Crippen molar-refractivity contribution in [1.82, 2.24) is 5.32 Å². The molecule has 0 bridgehead atoms. The van der Waals surface area contributed by atoms with Crippen molar-refractivity contribution in [1.29, 1.82) is 0 Å². The van der Waals surface area contributed by atoms with Gasteiger partial charge in [0.2, 0.25) is 0 Å². The first-order chi connectivity index (χ1) is 7.35. The van der Waals surface area contributed by atoms with E-state index in [1.54, 1.807) is 7.11 Å². The first-order valence-corrected chi connectivity index (χ1v) is 6.15. The summed E-state index contributed by atoms with van der Waals surface area (Å²) in [5.74, 6) is 0. The molecule has 1 unspecified atom stereocenters. The molecule has 0 rings (SSSR count). The number of hydrogen-bond acceptors (Lipinski definition) is 3. The van der Waals surface area contributed by atoms with Crippen molar-refractivity contribution < 1.29 is 9.47 Å². The number of hydrogen-bond donors (Lipinski definition) is 1. The highest BCUT2D eigenvalue weighted by Gasteiger charge is 2.03. The monoisotopic (exact) mass is 217 g/mol. The quantitative estimate of drug-likeness (QED) is 0.538. The van der Waals surface area contributed by atoms with Crippen LogP contribution in [0.25, 0.3) is 0 Å². The van der Waals surface area contributed by atoms with E-state index in [2.05, 4.69) is 19.2 Å². The minimum absolute atomic E-state index is 0.663. The Kier molecular flexibility index (Phi) is 11.9. The van der Waals surface area contributed by atoms with Crippen molar-refractivity contribution in [2.75, 3.05) is 33.5 Å². The summed E-state index contributed by atoms with van der Waals surface area (Å²) in [6.45, 7) is 7.59. The van der Waals surface area contributed by atoms with Gasteiger partial charge < -0.3 is 14.8 Å². The van der Waals surface area contributed by atoms with E-state index < -0.39 is 0 Å². The van der Waals surface area contributed by atoms with Crippen molar-refractivity contribution in [3.05, 3.63) is 0 Å². The molecule has 0 aliphatic rings. The molecule has 0 saturated carbocycles. The Balaban J connectivity index is 3.22. The van der Waals surface area contributed by atoms with Crippen LogP contribution in [0.15, 0.2) is 0 Å². The standard InChI is InChI=1S/C12H27NO2/c1-4-6-7-12(5-2)13-8-9-15-11-10-14-3/h12-13H,4-11H2,1-3H3. The van der Waals surface area contributed by atoms with Crippen molar-refractivity contribution in [2.45, 2.75) is 45.6 Å². The maximum Gasteiger partial charge on any atom is 0.0700 e. The Hall–Kier alpha value is -0.120. The van der Waals surface area contributed by atoms with Gasteiger partial charge in [0.1, 0.15) is 0 Å². The van der Waals surface area contributed by atoms with Gasteiger partial charge in [0.25, 0.3) is 0 Å². The van der Waals surface area contributed by atoms with Crippen molar-refractivity contribution in [2.24, 2.45) is 0 Å². The summed E-state index contributed by atoms with van der Waals surface area (Å²) in [5, 5.41) is 3.52. The lowest BCUT2D eigenvalue weighted by atomic mass is 10.1. The molecule has 15 heavy (non-hydrogen) atoms. The molecule has 0 aromatic rings. The van der Waals surface area contributed by atoms with Crippen LogP contribution >= 0.6 is 0 Å². The molecular weight excluding hydrogens is 190 g/mol. The van der Waals surface area contributed by atoms with E-state index in [0.717, 1.165) is 13.2 Å². The largest absolute Gasteiger partial charge is 0.382 e. The Labute approximate surface area is 94.5 Å². The zero-order valence-electron chi connectivity index (χ0n) is 10.6. The minimum atomic E-state index is 0.663. The highest BCUT2D eigenvalue weighted by Crippen LogP contribution is 2.03. The fourth-order valence-electron chi connectivity index (χ4n) is 1.48. The van der Waals surface area contributed by atoms with Crippen LogP contribution in [0.5, 0.6) is 0 Å². The Morgan fingerprint density at radius 3 is 2.53 bits per heavy atom. The summed E-state index contributed by atoms with van der Waals surface area (Å²) in [7, 11) is 1.69. The second-order valence-corrected chi connectivity index (χ2v) is 3.81. The molecule has 0 fully saturated rings. The van der Waals surface area contributed by atoms with Gasteiger partial charge in [-0.25, -0.2) is 0 Å². The lowest BCUT2D eigenvalue weighted by Crippen LogP contribution is -2.31. The molecule has 92 valence electrons. The molecule has 0 aromatic carbocycles. The number of ether oxygens (including phenoxy) is 2. The summed E-state index contributed by atoms with van der Waals surface area (Å²) in [6.07, 6.45) is 5.09. The van der Waals surface area contributed by atoms with Crippen LogP contribution in [0, 0.1) is 0 Å². The molecule has 0 heterocycles. The zero-order valence-corrected chi connectivity index (χ0v) is 10.6. The summed E-state index contributed by atoms with van der Waals surface area (Å²) in [5.41, 5.74) is 0. The van der Waals surface area contributed by atoms with Gasteiger partial charge in [0.05, 0.1) is 19.8 Å². The maximum absolute atomic E-state index is 5.39. The smallest absolute Gasteiger partial charge is 0.0700 e. The van der Waals surface area contributed by atoms with Crippen molar-refractivity contribution >= 4 is 0 Å². The van der Waals surface area contributed by atoms with E-state index >= 15 is 0 Å². The summed E-state index contributed by atoms with van der Waals surface area (Å²) in [4.78, 5) is 0. The van der Waals surface area contributed by atoms with Gasteiger partial charge in [-0.1, -0.05) is 26.7 Å². The van der Waals surface area contributed by atoms with Gasteiger partial charge >= 0.3 is 0 Å². The number of nitrogens with one attached hydrogen (secondary N) is 1. The summed E-state index contributed by atoms with van der Waals surface area (Å²) in [6, 6.07) is 0.663. The van der Waals surface area contributed by atoms with Crippen LogP contribution in [-0.2, 0) is 9.47 Å². The van der Waals surface area contributed by atoms with E-state index in [0.29, 0.717) is 19.3 Å². The van der Waals surface area contributed by atoms with Gasteiger partial charge in [-0.15, -0.1) is 0 Å². The molecular formula is C12H27NO2. The Morgan fingerprint density at radius 2 is 1.93 bits per heavy atom. The molecule has 3 heteroatoms. The van der Waals surface area contributed by atoms with Crippen LogP contribution in [0.2, 0.25) is 0 Å². The average Bonchev–Trinajstić information content (AvgIpc) is 2.27. The fourth-order valence-corrected chi connectivity index (χ4v) is 1.48. The predicted molar refractivity (Wildman–Crippen MR) is 64.3 cm³/mol. The Morgan fingerprint density at radius 1 is 1.13 bits per heavy atom. The van der Waals surface area contributed by atoms with Crippen LogP contribution in [0.1, 0.15) is 39.5 Å². The number of rotatable bonds is 11. The van der Waals surface area contributed by atoms with E-state index in [1.807, 2.05) is 0 Å². The molecule has 1 N–H and O–H groups in total. The SMILES string of the molecule is CCCCC(CC)NCCOCCOC. The second-order valence-electron chi connectivity index (χ2n) is 3.81. The molecule has 0 radical (unpaired) electrons. The minimum Gasteiger partial charge on any atom is -0.382 e. The van der Waals surface area contributed by atoms with E-state index in [-0.39, 0.29) is 0 Å². The zero-order chi connectivity index (χ0) is 11.4. The summed E-state index contributed by atoms with van der Waals surface area (Å²) < 4.78 is 10.3. The second kappa shape index (κ2) is 12.0. The van der Waals surface area contributed by atoms with Crippen LogP contribution < -0.4 is 5.32 Å². The summed E-state index contributed by atoms with van der Waals surface area (Å²) >= 11 is 0. The normalized spacial score (nSPS) is 13.0. The van der Waals surface area contributed by atoms with Gasteiger partial charge in [0.15, 0.2) is 0 Å². The first kappa shape index (κ1) is 14.9. The lowest BCUT2D eigenvalue weighted by Gasteiger charge is -2.16. The topological polar surface area (TPSA) is 30.5 Å². The van der Waals surface area contributed by atoms with Crippen LogP contribution in [0.4, 0.5) is 0 Å². The number of methoxy groups -OCH3 is 1. The third-order valence-corrected chi connectivity index (χ3v) is 2.51. The molecule has 0 aromatic heterocycles. The highest BCUT2D eigenvalue weighted by molar-refractivity contribution is 4.63. The molecule has 0 saturated heterocycles. The van der Waals surface area contributed by atoms with Gasteiger partial charge in [-0.3, -0.25) is 0 Å². The average molecular weight is 217 g/mol. The molecule has 0 amide bonds. The molecule has 3 nitrogen and oxygen atoms in total. The maximum atomic E-state index is 5.39. The van der Waals surface area contributed by atoms with Crippen LogP contribution in [0.3, 0.4) is 0 Å². The van der Waals surface area contributed by atoms with Crippen molar-refractivity contribution in [3.63, 3.8) is 0 Å². The molecule has 0 aliphatic heterocycles. The molecule has 0 spiro atoms. The van der Waals surface area contributed by atoms with E-state index in [9.17, 15) is 0 Å². The van der Waals surface area contributed by atoms with Gasteiger partial charge in [0, 0.05) is 19.7 Å². The van der Waals surface area contributed by atoms with Crippen LogP contribution in [-0.4, -0.2) is 39.5 Å². The Bertz CT molecular complexity index is 120. The third kappa shape index (κ3) is 10.2. The van der Waals surface area contributed by atoms with E-state index in [4.69, 9.17) is 9.47 Å². The number of unbranched alkanes of at least 4 members (excludes halogenated alkanes) is 1. The predicted octanol–water partition coefficient (Wildman–Crippen LogP) is 2.21.